The van der Waals surface area contributed by atoms with Gasteiger partial charge in [0.2, 0.25) is 0 Å². The van der Waals surface area contributed by atoms with E-state index in [0.29, 0.717) is 21.5 Å². The highest BCUT2D eigenvalue weighted by Gasteiger charge is 2.16. The summed E-state index contributed by atoms with van der Waals surface area (Å²) in [5.74, 6) is 0.190. The number of halogens is 2. The van der Waals surface area contributed by atoms with Crippen molar-refractivity contribution in [3.8, 4) is 0 Å². The van der Waals surface area contributed by atoms with Gasteiger partial charge in [-0.1, -0.05) is 43.1 Å². The fraction of sp³-hybridized carbons (Fsp3) is 0.417. The van der Waals surface area contributed by atoms with Gasteiger partial charge in [-0.25, -0.2) is 0 Å². The Bertz CT molecular complexity index is 391. The molecule has 1 amide bonds. The predicted octanol–water partition coefficient (Wildman–Crippen LogP) is 3.77. The molecule has 0 aliphatic rings. The van der Waals surface area contributed by atoms with E-state index in [1.54, 1.807) is 18.2 Å². The predicted molar refractivity (Wildman–Crippen MR) is 68.2 cm³/mol. The van der Waals surface area contributed by atoms with Crippen LogP contribution in [0.2, 0.25) is 10.0 Å². The Labute approximate surface area is 106 Å². The molecule has 0 bridgehead atoms. The molecule has 0 aromatic heterocycles. The second-order valence-electron chi connectivity index (χ2n) is 4.11. The van der Waals surface area contributed by atoms with E-state index in [-0.39, 0.29) is 11.9 Å². The molecule has 1 rings (SSSR count). The average Bonchev–Trinajstić information content (AvgIpc) is 2.21. The summed E-state index contributed by atoms with van der Waals surface area (Å²) in [7, 11) is 0. The summed E-state index contributed by atoms with van der Waals surface area (Å²) in [6.45, 7) is 6.05. The summed E-state index contributed by atoms with van der Waals surface area (Å²) in [5, 5.41) is 3.58. The van der Waals surface area contributed by atoms with Crippen molar-refractivity contribution in [2.75, 3.05) is 0 Å². The van der Waals surface area contributed by atoms with E-state index in [2.05, 4.69) is 5.32 Å². The van der Waals surface area contributed by atoms with Crippen LogP contribution in [0.4, 0.5) is 0 Å². The SMILES string of the molecule is CC(C)C(C)NC(=O)c1cccc(Cl)c1Cl. The van der Waals surface area contributed by atoms with Crippen molar-refractivity contribution in [3.63, 3.8) is 0 Å². The number of benzene rings is 1. The minimum Gasteiger partial charge on any atom is -0.349 e. The van der Waals surface area contributed by atoms with Gasteiger partial charge in [-0.15, -0.1) is 0 Å². The zero-order valence-electron chi connectivity index (χ0n) is 9.55. The normalized spacial score (nSPS) is 12.6. The first kappa shape index (κ1) is 13.3. The van der Waals surface area contributed by atoms with Crippen molar-refractivity contribution >= 4 is 29.1 Å². The molecule has 1 N–H and O–H groups in total. The number of nitrogens with one attached hydrogen (secondary N) is 1. The van der Waals surface area contributed by atoms with Gasteiger partial charge in [0, 0.05) is 6.04 Å². The van der Waals surface area contributed by atoms with E-state index < -0.39 is 0 Å². The molecule has 0 saturated heterocycles. The molecule has 0 saturated carbocycles. The lowest BCUT2D eigenvalue weighted by molar-refractivity contribution is 0.0930. The topological polar surface area (TPSA) is 29.1 Å². The Balaban J connectivity index is 2.85. The summed E-state index contributed by atoms with van der Waals surface area (Å²) in [6, 6.07) is 5.13. The first-order valence-corrected chi connectivity index (χ1v) is 5.94. The molecule has 1 atom stereocenters. The van der Waals surface area contributed by atoms with Gasteiger partial charge in [0.05, 0.1) is 15.6 Å². The lowest BCUT2D eigenvalue weighted by atomic mass is 10.1. The summed E-state index contributed by atoms with van der Waals surface area (Å²) < 4.78 is 0. The Morgan fingerprint density at radius 3 is 2.44 bits per heavy atom. The van der Waals surface area contributed by atoms with Gasteiger partial charge in [-0.3, -0.25) is 4.79 Å². The zero-order chi connectivity index (χ0) is 12.3. The van der Waals surface area contributed by atoms with Gasteiger partial charge in [0.15, 0.2) is 0 Å². The molecule has 0 heterocycles. The minimum absolute atomic E-state index is 0.0996. The summed E-state index contributed by atoms with van der Waals surface area (Å²) in [6.07, 6.45) is 0. The summed E-state index contributed by atoms with van der Waals surface area (Å²) in [4.78, 5) is 11.9. The van der Waals surface area contributed by atoms with Crippen molar-refractivity contribution < 1.29 is 4.79 Å². The van der Waals surface area contributed by atoms with E-state index >= 15 is 0 Å². The van der Waals surface area contributed by atoms with E-state index in [0.717, 1.165) is 0 Å². The van der Waals surface area contributed by atoms with Crippen molar-refractivity contribution in [1.29, 1.82) is 0 Å². The maximum atomic E-state index is 11.9. The molecule has 0 spiro atoms. The zero-order valence-corrected chi connectivity index (χ0v) is 11.1. The van der Waals surface area contributed by atoms with Crippen molar-refractivity contribution in [1.82, 2.24) is 5.32 Å². The number of rotatable bonds is 3. The standard InChI is InChI=1S/C12H15Cl2NO/c1-7(2)8(3)15-12(16)9-5-4-6-10(13)11(9)14/h4-8H,1-3H3,(H,15,16). The van der Waals surface area contributed by atoms with Crippen LogP contribution in [0, 0.1) is 5.92 Å². The molecular weight excluding hydrogens is 245 g/mol. The van der Waals surface area contributed by atoms with Gasteiger partial charge in [-0.2, -0.15) is 0 Å². The van der Waals surface area contributed by atoms with Gasteiger partial charge in [-0.05, 0) is 25.0 Å². The summed E-state index contributed by atoms with van der Waals surface area (Å²) in [5.41, 5.74) is 0.418. The highest BCUT2D eigenvalue weighted by molar-refractivity contribution is 6.43. The van der Waals surface area contributed by atoms with E-state index in [4.69, 9.17) is 23.2 Å². The van der Waals surface area contributed by atoms with Crippen LogP contribution >= 0.6 is 23.2 Å². The fourth-order valence-corrected chi connectivity index (χ4v) is 1.52. The third-order valence-electron chi connectivity index (χ3n) is 2.55. The molecule has 2 nitrogen and oxygen atoms in total. The van der Waals surface area contributed by atoms with Crippen LogP contribution in [0.15, 0.2) is 18.2 Å². The van der Waals surface area contributed by atoms with Crippen molar-refractivity contribution in [2.45, 2.75) is 26.8 Å². The first-order valence-electron chi connectivity index (χ1n) is 5.18. The molecule has 1 unspecified atom stereocenters. The maximum Gasteiger partial charge on any atom is 0.253 e. The van der Waals surface area contributed by atoms with Gasteiger partial charge in [0.25, 0.3) is 5.91 Å². The fourth-order valence-electron chi connectivity index (χ4n) is 1.13. The molecule has 0 radical (unpaired) electrons. The summed E-state index contributed by atoms with van der Waals surface area (Å²) >= 11 is 11.8. The molecule has 1 aromatic rings. The number of amides is 1. The van der Waals surface area contributed by atoms with Crippen LogP contribution in [0.3, 0.4) is 0 Å². The highest BCUT2D eigenvalue weighted by atomic mass is 35.5. The van der Waals surface area contributed by atoms with Crippen molar-refractivity contribution in [2.24, 2.45) is 5.92 Å². The number of hydrogen-bond acceptors (Lipinski definition) is 1. The van der Waals surface area contributed by atoms with Crippen molar-refractivity contribution in [3.05, 3.63) is 33.8 Å². The quantitative estimate of drug-likeness (QED) is 0.880. The Hall–Kier alpha value is -0.730. The van der Waals surface area contributed by atoms with Crippen LogP contribution in [0.25, 0.3) is 0 Å². The van der Waals surface area contributed by atoms with E-state index in [1.807, 2.05) is 20.8 Å². The Kier molecular flexibility index (Phi) is 4.63. The minimum atomic E-state index is -0.186. The third kappa shape index (κ3) is 3.13. The van der Waals surface area contributed by atoms with E-state index in [1.165, 1.54) is 0 Å². The highest BCUT2D eigenvalue weighted by Crippen LogP contribution is 2.25. The van der Waals surface area contributed by atoms with E-state index in [9.17, 15) is 4.79 Å². The lowest BCUT2D eigenvalue weighted by Gasteiger charge is -2.17. The van der Waals surface area contributed by atoms with Crippen LogP contribution in [0.5, 0.6) is 0 Å². The first-order chi connectivity index (χ1) is 7.43. The second-order valence-corrected chi connectivity index (χ2v) is 4.89. The van der Waals surface area contributed by atoms with Gasteiger partial charge >= 0.3 is 0 Å². The molecule has 88 valence electrons. The third-order valence-corrected chi connectivity index (χ3v) is 3.37. The smallest absolute Gasteiger partial charge is 0.253 e. The van der Waals surface area contributed by atoms with Crippen LogP contribution in [-0.4, -0.2) is 11.9 Å². The second kappa shape index (κ2) is 5.55. The lowest BCUT2D eigenvalue weighted by Crippen LogP contribution is -2.36. The van der Waals surface area contributed by atoms with Crippen LogP contribution < -0.4 is 5.32 Å². The Morgan fingerprint density at radius 2 is 1.88 bits per heavy atom. The molecule has 16 heavy (non-hydrogen) atoms. The molecular formula is C12H15Cl2NO. The van der Waals surface area contributed by atoms with Gasteiger partial charge < -0.3 is 5.32 Å². The number of carbonyl (C=O) groups is 1. The molecule has 4 heteroatoms. The molecule has 0 aliphatic carbocycles. The molecule has 0 fully saturated rings. The maximum absolute atomic E-state index is 11.9. The molecule has 1 aromatic carbocycles. The number of carbonyl (C=O) groups excluding carboxylic acids is 1. The van der Waals surface area contributed by atoms with Crippen LogP contribution in [-0.2, 0) is 0 Å². The van der Waals surface area contributed by atoms with Gasteiger partial charge in [0.1, 0.15) is 0 Å². The largest absolute Gasteiger partial charge is 0.349 e. The monoisotopic (exact) mass is 259 g/mol. The number of hydrogen-bond donors (Lipinski definition) is 1. The molecule has 0 aliphatic heterocycles. The van der Waals surface area contributed by atoms with Crippen LogP contribution in [0.1, 0.15) is 31.1 Å². The Morgan fingerprint density at radius 1 is 1.25 bits per heavy atom. The average molecular weight is 260 g/mol.